The lowest BCUT2D eigenvalue weighted by Crippen LogP contribution is -1.97. The summed E-state index contributed by atoms with van der Waals surface area (Å²) in [5.41, 5.74) is 21.5. The van der Waals surface area contributed by atoms with Crippen LogP contribution in [0.1, 0.15) is 11.4 Å². The third-order valence-electron chi connectivity index (χ3n) is 9.12. The average Bonchev–Trinajstić information content (AvgIpc) is 3.71. The highest BCUT2D eigenvalue weighted by Crippen LogP contribution is 2.41. The van der Waals surface area contributed by atoms with Crippen molar-refractivity contribution in [2.45, 2.75) is 33.4 Å². The van der Waals surface area contributed by atoms with E-state index in [1.807, 2.05) is 123 Å². The fourth-order valence-corrected chi connectivity index (χ4v) is 8.00. The molecule has 57 heavy (non-hydrogen) atoms. The average molecular weight is 783 g/mol. The van der Waals surface area contributed by atoms with Crippen LogP contribution < -0.4 is 22.1 Å². The quantitative estimate of drug-likeness (QED) is 0.0969. The van der Waals surface area contributed by atoms with Crippen LogP contribution in [0.15, 0.2) is 158 Å². The normalized spacial score (nSPS) is 11.3. The standard InChI is InChI=1S/C44H34N10OS2/c1-25-3-15-33-35(19-21-47-41(33)49-25)51-37-23-27(5-17-39(37)56-31-11-7-29(45)8-12-31)43-53-54-44(55-43)28-6-18-40(57-32-13-9-30(46)10-14-32)38(24-28)52-36-20-22-48-42-34(36)16-4-26(2)50-42/h3-24H,45-46H2,1-2H3,(H,47,49,51)(H,48,50,52). The fraction of sp³-hybridized carbons (Fsp3) is 0.0455. The second-order valence-corrected chi connectivity index (χ2v) is 15.5. The number of nitrogens with one attached hydrogen (secondary N) is 2. The van der Waals surface area contributed by atoms with E-state index >= 15 is 0 Å². The van der Waals surface area contributed by atoms with Crippen molar-refractivity contribution in [3.63, 3.8) is 0 Å². The van der Waals surface area contributed by atoms with Crippen LogP contribution in [0.4, 0.5) is 34.1 Å². The van der Waals surface area contributed by atoms with Crippen molar-refractivity contribution >= 4 is 79.7 Å². The minimum atomic E-state index is 0.380. The first-order valence-electron chi connectivity index (χ1n) is 18.0. The van der Waals surface area contributed by atoms with Crippen molar-refractivity contribution in [1.29, 1.82) is 0 Å². The van der Waals surface area contributed by atoms with Gasteiger partial charge in [0.25, 0.3) is 0 Å². The fourth-order valence-electron chi connectivity index (χ4n) is 6.24. The summed E-state index contributed by atoms with van der Waals surface area (Å²) in [6.07, 6.45) is 3.52. The molecule has 0 radical (unpaired) electrons. The first-order chi connectivity index (χ1) is 27.8. The van der Waals surface area contributed by atoms with Gasteiger partial charge >= 0.3 is 0 Å². The van der Waals surface area contributed by atoms with E-state index in [0.29, 0.717) is 34.5 Å². The highest BCUT2D eigenvalue weighted by atomic mass is 32.2. The lowest BCUT2D eigenvalue weighted by atomic mass is 10.1. The van der Waals surface area contributed by atoms with Crippen LogP contribution in [0.2, 0.25) is 0 Å². The molecule has 9 aromatic rings. The third-order valence-corrected chi connectivity index (χ3v) is 11.3. The Labute approximate surface area is 336 Å². The third kappa shape index (κ3) is 7.79. The zero-order valence-electron chi connectivity index (χ0n) is 30.8. The molecule has 11 nitrogen and oxygen atoms in total. The molecule has 0 bridgehead atoms. The van der Waals surface area contributed by atoms with E-state index in [9.17, 15) is 0 Å². The number of benzene rings is 4. The Morgan fingerprint density at radius 3 is 1.37 bits per heavy atom. The first-order valence-corrected chi connectivity index (χ1v) is 19.6. The predicted molar refractivity (Wildman–Crippen MR) is 230 cm³/mol. The molecule has 0 aliphatic carbocycles. The zero-order chi connectivity index (χ0) is 38.9. The van der Waals surface area contributed by atoms with Crippen molar-refractivity contribution in [3.8, 4) is 22.9 Å². The number of anilines is 6. The van der Waals surface area contributed by atoms with Gasteiger partial charge in [0.1, 0.15) is 0 Å². The Morgan fingerprint density at radius 1 is 0.491 bits per heavy atom. The van der Waals surface area contributed by atoms with Crippen molar-refractivity contribution in [2.24, 2.45) is 0 Å². The van der Waals surface area contributed by atoms with Gasteiger partial charge in [0.05, 0.1) is 22.7 Å². The number of aryl methyl sites for hydroxylation is 2. The molecule has 5 heterocycles. The van der Waals surface area contributed by atoms with Crippen LogP contribution in [0.3, 0.4) is 0 Å². The summed E-state index contributed by atoms with van der Waals surface area (Å²) < 4.78 is 6.42. The van der Waals surface area contributed by atoms with E-state index in [4.69, 9.17) is 15.9 Å². The molecule has 0 unspecified atom stereocenters. The molecule has 278 valence electrons. The van der Waals surface area contributed by atoms with E-state index in [1.165, 1.54) is 0 Å². The van der Waals surface area contributed by atoms with Crippen molar-refractivity contribution in [1.82, 2.24) is 30.1 Å². The SMILES string of the molecule is Cc1ccc2c(Nc3cc(-c4nnc(-c5ccc(Sc6ccc(N)cc6)c(Nc6ccnc7nc(C)ccc67)c5)o4)ccc3Sc3ccc(N)cc3)ccnc2n1. The van der Waals surface area contributed by atoms with Crippen LogP contribution in [0, 0.1) is 13.8 Å². The molecule has 5 aromatic heterocycles. The van der Waals surface area contributed by atoms with E-state index in [-0.39, 0.29) is 0 Å². The maximum absolute atomic E-state index is 6.42. The van der Waals surface area contributed by atoms with Gasteiger partial charge in [-0.2, -0.15) is 0 Å². The minimum Gasteiger partial charge on any atom is -0.416 e. The van der Waals surface area contributed by atoms with E-state index in [0.717, 1.165) is 75.6 Å². The van der Waals surface area contributed by atoms with E-state index in [1.54, 1.807) is 35.9 Å². The summed E-state index contributed by atoms with van der Waals surface area (Å²) in [6.45, 7) is 3.91. The summed E-state index contributed by atoms with van der Waals surface area (Å²) in [5, 5.41) is 18.1. The molecule has 0 aliphatic heterocycles. The number of fused-ring (bicyclic) bond motifs is 2. The van der Waals surface area contributed by atoms with Crippen LogP contribution >= 0.6 is 23.5 Å². The Kier molecular flexibility index (Phi) is 9.58. The molecule has 0 saturated heterocycles. The maximum Gasteiger partial charge on any atom is 0.248 e. The lowest BCUT2D eigenvalue weighted by molar-refractivity contribution is 0.584. The van der Waals surface area contributed by atoms with Crippen molar-refractivity contribution in [2.75, 3.05) is 22.1 Å². The van der Waals surface area contributed by atoms with Crippen LogP contribution in [-0.2, 0) is 0 Å². The Hall–Kier alpha value is -6.96. The van der Waals surface area contributed by atoms with Gasteiger partial charge < -0.3 is 26.5 Å². The molecule has 0 fully saturated rings. The van der Waals surface area contributed by atoms with Crippen LogP contribution in [0.25, 0.3) is 45.0 Å². The number of pyridine rings is 4. The topological polar surface area (TPSA) is 167 Å². The van der Waals surface area contributed by atoms with Crippen LogP contribution in [0.5, 0.6) is 0 Å². The van der Waals surface area contributed by atoms with Gasteiger partial charge in [-0.1, -0.05) is 23.5 Å². The van der Waals surface area contributed by atoms with Gasteiger partial charge in [-0.3, -0.25) is 0 Å². The molecular weight excluding hydrogens is 749 g/mol. The largest absolute Gasteiger partial charge is 0.416 e. The molecule has 0 atom stereocenters. The predicted octanol–water partition coefficient (Wildman–Crippen LogP) is 10.9. The van der Waals surface area contributed by atoms with Crippen molar-refractivity contribution in [3.05, 3.63) is 145 Å². The van der Waals surface area contributed by atoms with Gasteiger partial charge in [0.2, 0.25) is 11.8 Å². The van der Waals surface area contributed by atoms with Gasteiger partial charge in [-0.05, 0) is 135 Å². The van der Waals surface area contributed by atoms with E-state index < -0.39 is 0 Å². The van der Waals surface area contributed by atoms with E-state index in [2.05, 4.69) is 52.9 Å². The minimum absolute atomic E-state index is 0.380. The molecule has 4 aromatic carbocycles. The Balaban J connectivity index is 1.07. The molecule has 0 spiro atoms. The highest BCUT2D eigenvalue weighted by molar-refractivity contribution is 7.99. The molecule has 0 amide bonds. The first kappa shape index (κ1) is 35.7. The number of hydrogen-bond acceptors (Lipinski definition) is 13. The van der Waals surface area contributed by atoms with Crippen molar-refractivity contribution < 1.29 is 4.42 Å². The number of aromatic nitrogens is 6. The van der Waals surface area contributed by atoms with Gasteiger partial charge in [-0.25, -0.2) is 19.9 Å². The summed E-state index contributed by atoms with van der Waals surface area (Å²) in [7, 11) is 0. The zero-order valence-corrected chi connectivity index (χ0v) is 32.4. The van der Waals surface area contributed by atoms with Gasteiger partial charge in [-0.15, -0.1) is 10.2 Å². The van der Waals surface area contributed by atoms with Crippen LogP contribution in [-0.4, -0.2) is 30.1 Å². The number of hydrogen-bond donors (Lipinski definition) is 4. The second-order valence-electron chi connectivity index (χ2n) is 13.3. The summed E-state index contributed by atoms with van der Waals surface area (Å²) in [5.74, 6) is 0.760. The van der Waals surface area contributed by atoms with Gasteiger partial charge in [0, 0.05) is 76.6 Å². The molecule has 0 saturated carbocycles. The number of rotatable bonds is 10. The molecule has 13 heteroatoms. The summed E-state index contributed by atoms with van der Waals surface area (Å²) in [6, 6.07) is 39.7. The highest BCUT2D eigenvalue weighted by Gasteiger charge is 2.17. The summed E-state index contributed by atoms with van der Waals surface area (Å²) >= 11 is 3.25. The molecule has 6 N–H and O–H groups in total. The van der Waals surface area contributed by atoms with Gasteiger partial charge in [0.15, 0.2) is 11.3 Å². The molecule has 0 aliphatic rings. The Bertz CT molecular complexity index is 2720. The lowest BCUT2D eigenvalue weighted by Gasteiger charge is -2.15. The smallest absolute Gasteiger partial charge is 0.248 e. The second kappa shape index (κ2) is 15.3. The maximum atomic E-state index is 6.42. The Morgan fingerprint density at radius 2 is 0.930 bits per heavy atom. The number of nitrogens with zero attached hydrogens (tertiary/aromatic N) is 6. The number of nitrogen functional groups attached to an aromatic ring is 2. The monoisotopic (exact) mass is 782 g/mol. The summed E-state index contributed by atoms with van der Waals surface area (Å²) in [4.78, 5) is 22.3. The number of nitrogens with two attached hydrogens (primary N) is 2. The molecular formula is C44H34N10OS2. The molecule has 9 rings (SSSR count).